The van der Waals surface area contributed by atoms with Crippen LogP contribution in [0.5, 0.6) is 5.75 Å². The lowest BCUT2D eigenvalue weighted by atomic mass is 10.1. The van der Waals surface area contributed by atoms with E-state index in [0.717, 1.165) is 7.11 Å². The topological polar surface area (TPSA) is 46.5 Å². The molecule has 0 bridgehead atoms. The number of aliphatic carboxylic acids is 1. The van der Waals surface area contributed by atoms with Crippen molar-refractivity contribution in [1.29, 1.82) is 0 Å². The minimum absolute atomic E-state index is 0.354. The molecule has 0 aliphatic heterocycles. The number of ether oxygens (including phenoxy) is 1. The molecule has 0 amide bonds. The van der Waals surface area contributed by atoms with Crippen LogP contribution in [0, 0.1) is 23.3 Å². The minimum Gasteiger partial charge on any atom is -0.491 e. The fourth-order valence-corrected chi connectivity index (χ4v) is 1.11. The summed E-state index contributed by atoms with van der Waals surface area (Å²) in [5.41, 5.74) is -1.12. The van der Waals surface area contributed by atoms with Gasteiger partial charge in [0.25, 0.3) is 0 Å². The van der Waals surface area contributed by atoms with Gasteiger partial charge in [0.2, 0.25) is 11.6 Å². The van der Waals surface area contributed by atoms with Crippen molar-refractivity contribution in [2.24, 2.45) is 0 Å². The standard InChI is InChI=1S/C10H6F4O3/c1-17-10-8(13)6(11)4(2-3-5(15)16)7(12)9(10)14/h2-3H,1H3,(H,15,16). The smallest absolute Gasteiger partial charge is 0.328 e. The monoisotopic (exact) mass is 250 g/mol. The van der Waals surface area contributed by atoms with Gasteiger partial charge in [0.05, 0.1) is 12.7 Å². The Bertz CT molecular complexity index is 468. The molecule has 0 aliphatic carbocycles. The first-order chi connectivity index (χ1) is 7.90. The average Bonchev–Trinajstić information content (AvgIpc) is 2.27. The zero-order valence-corrected chi connectivity index (χ0v) is 8.43. The van der Waals surface area contributed by atoms with E-state index in [2.05, 4.69) is 4.74 Å². The van der Waals surface area contributed by atoms with Crippen molar-refractivity contribution in [3.8, 4) is 5.75 Å². The summed E-state index contributed by atoms with van der Waals surface area (Å²) >= 11 is 0. The molecule has 92 valence electrons. The van der Waals surface area contributed by atoms with E-state index in [-0.39, 0.29) is 0 Å². The van der Waals surface area contributed by atoms with E-state index in [1.54, 1.807) is 0 Å². The van der Waals surface area contributed by atoms with Crippen molar-refractivity contribution in [1.82, 2.24) is 0 Å². The molecule has 17 heavy (non-hydrogen) atoms. The fourth-order valence-electron chi connectivity index (χ4n) is 1.11. The van der Waals surface area contributed by atoms with Gasteiger partial charge < -0.3 is 9.84 Å². The van der Waals surface area contributed by atoms with Gasteiger partial charge in [-0.15, -0.1) is 0 Å². The van der Waals surface area contributed by atoms with Gasteiger partial charge in [-0.05, 0) is 6.08 Å². The van der Waals surface area contributed by atoms with Crippen LogP contribution in [0.3, 0.4) is 0 Å². The number of benzene rings is 1. The van der Waals surface area contributed by atoms with Crippen molar-refractivity contribution < 1.29 is 32.2 Å². The van der Waals surface area contributed by atoms with Crippen LogP contribution >= 0.6 is 0 Å². The molecule has 1 N–H and O–H groups in total. The minimum atomic E-state index is -1.73. The molecule has 3 nitrogen and oxygen atoms in total. The summed E-state index contributed by atoms with van der Waals surface area (Å²) in [6.45, 7) is 0. The Morgan fingerprint density at radius 2 is 1.59 bits per heavy atom. The molecule has 0 saturated heterocycles. The first kappa shape index (κ1) is 13.0. The van der Waals surface area contributed by atoms with E-state index in [9.17, 15) is 22.4 Å². The molecule has 0 spiro atoms. The second-order valence-corrected chi connectivity index (χ2v) is 2.87. The molecule has 0 unspecified atom stereocenters. The molecule has 0 heterocycles. The maximum absolute atomic E-state index is 13.2. The molecule has 0 aliphatic rings. The van der Waals surface area contributed by atoms with Crippen molar-refractivity contribution >= 4 is 12.0 Å². The zero-order valence-electron chi connectivity index (χ0n) is 8.43. The average molecular weight is 250 g/mol. The third-order valence-corrected chi connectivity index (χ3v) is 1.85. The number of carbonyl (C=O) groups is 1. The zero-order chi connectivity index (χ0) is 13.2. The van der Waals surface area contributed by atoms with E-state index >= 15 is 0 Å². The molecule has 0 saturated carbocycles. The first-order valence-electron chi connectivity index (χ1n) is 4.21. The number of methoxy groups -OCH3 is 1. The molecule has 1 aromatic rings. The fraction of sp³-hybridized carbons (Fsp3) is 0.100. The summed E-state index contributed by atoms with van der Waals surface area (Å²) in [6.07, 6.45) is 0.769. The lowest BCUT2D eigenvalue weighted by molar-refractivity contribution is -0.131. The van der Waals surface area contributed by atoms with Gasteiger partial charge in [0.15, 0.2) is 17.4 Å². The number of hydrogen-bond donors (Lipinski definition) is 1. The third-order valence-electron chi connectivity index (χ3n) is 1.85. The Labute approximate surface area is 92.9 Å². The summed E-state index contributed by atoms with van der Waals surface area (Å²) in [5.74, 6) is -9.61. The third kappa shape index (κ3) is 2.38. The molecular weight excluding hydrogens is 244 g/mol. The van der Waals surface area contributed by atoms with Crippen LogP contribution in [0.4, 0.5) is 17.6 Å². The van der Waals surface area contributed by atoms with Gasteiger partial charge in [-0.3, -0.25) is 0 Å². The van der Waals surface area contributed by atoms with Gasteiger partial charge >= 0.3 is 5.97 Å². The second-order valence-electron chi connectivity index (χ2n) is 2.87. The van der Waals surface area contributed by atoms with Gasteiger partial charge in [-0.1, -0.05) is 0 Å². The van der Waals surface area contributed by atoms with Crippen LogP contribution in [0.2, 0.25) is 0 Å². The van der Waals surface area contributed by atoms with Crippen LogP contribution in [0.1, 0.15) is 5.56 Å². The Morgan fingerprint density at radius 3 is 1.94 bits per heavy atom. The maximum Gasteiger partial charge on any atom is 0.328 e. The van der Waals surface area contributed by atoms with Crippen LogP contribution < -0.4 is 4.74 Å². The van der Waals surface area contributed by atoms with Gasteiger partial charge in [-0.2, -0.15) is 8.78 Å². The Kier molecular flexibility index (Phi) is 3.72. The van der Waals surface area contributed by atoms with E-state index in [1.807, 2.05) is 0 Å². The number of rotatable bonds is 3. The van der Waals surface area contributed by atoms with Gasteiger partial charge in [0.1, 0.15) is 0 Å². The van der Waals surface area contributed by atoms with Gasteiger partial charge in [-0.25, -0.2) is 13.6 Å². The lowest BCUT2D eigenvalue weighted by Gasteiger charge is -2.08. The predicted octanol–water partition coefficient (Wildman–Crippen LogP) is 2.35. The molecule has 0 radical (unpaired) electrons. The molecule has 1 aromatic carbocycles. The van der Waals surface area contributed by atoms with Crippen molar-refractivity contribution in [3.05, 3.63) is 34.9 Å². The quantitative estimate of drug-likeness (QED) is 0.509. The first-order valence-corrected chi connectivity index (χ1v) is 4.21. The predicted molar refractivity (Wildman–Crippen MR) is 49.5 cm³/mol. The van der Waals surface area contributed by atoms with E-state index in [4.69, 9.17) is 5.11 Å². The number of carboxylic acids is 1. The highest BCUT2D eigenvalue weighted by Crippen LogP contribution is 2.30. The summed E-state index contributed by atoms with van der Waals surface area (Å²) < 4.78 is 56.9. The van der Waals surface area contributed by atoms with Crippen molar-refractivity contribution in [2.45, 2.75) is 0 Å². The molecule has 0 fully saturated rings. The lowest BCUT2D eigenvalue weighted by Crippen LogP contribution is -2.04. The van der Waals surface area contributed by atoms with Crippen LogP contribution in [-0.4, -0.2) is 18.2 Å². The van der Waals surface area contributed by atoms with Crippen LogP contribution in [0.15, 0.2) is 6.08 Å². The van der Waals surface area contributed by atoms with Crippen molar-refractivity contribution in [2.75, 3.05) is 7.11 Å². The highest BCUT2D eigenvalue weighted by molar-refractivity contribution is 5.85. The number of halogens is 4. The number of hydrogen-bond acceptors (Lipinski definition) is 2. The number of carboxylic acid groups (broad SMARTS) is 1. The van der Waals surface area contributed by atoms with E-state index < -0.39 is 40.6 Å². The second kappa shape index (κ2) is 4.86. The van der Waals surface area contributed by atoms with E-state index in [0.29, 0.717) is 12.2 Å². The highest BCUT2D eigenvalue weighted by atomic mass is 19.2. The Hall–Kier alpha value is -2.05. The largest absolute Gasteiger partial charge is 0.491 e. The maximum atomic E-state index is 13.2. The Morgan fingerprint density at radius 1 is 1.12 bits per heavy atom. The SMILES string of the molecule is COc1c(F)c(F)c(C=CC(=O)O)c(F)c1F. The van der Waals surface area contributed by atoms with Crippen LogP contribution in [-0.2, 0) is 4.79 Å². The van der Waals surface area contributed by atoms with Gasteiger partial charge in [0, 0.05) is 6.08 Å². The molecule has 0 aromatic heterocycles. The summed E-state index contributed by atoms with van der Waals surface area (Å²) in [6, 6.07) is 0. The summed E-state index contributed by atoms with van der Waals surface area (Å²) in [7, 11) is 0.840. The van der Waals surface area contributed by atoms with E-state index in [1.165, 1.54) is 0 Å². The van der Waals surface area contributed by atoms with Crippen molar-refractivity contribution in [3.63, 3.8) is 0 Å². The molecule has 7 heteroatoms. The molecule has 1 rings (SSSR count). The normalized spacial score (nSPS) is 10.9. The summed E-state index contributed by atoms with van der Waals surface area (Å²) in [4.78, 5) is 10.1. The highest BCUT2D eigenvalue weighted by Gasteiger charge is 2.24. The van der Waals surface area contributed by atoms with Crippen LogP contribution in [0.25, 0.3) is 6.08 Å². The molecular formula is C10H6F4O3. The summed E-state index contributed by atoms with van der Waals surface area (Å²) in [5, 5.41) is 8.25. The Balaban J connectivity index is 3.48. The molecule has 0 atom stereocenters.